The van der Waals surface area contributed by atoms with E-state index in [2.05, 4.69) is 10.2 Å². The first-order valence-corrected chi connectivity index (χ1v) is 10.2. The van der Waals surface area contributed by atoms with E-state index in [1.807, 2.05) is 20.8 Å². The maximum absolute atomic E-state index is 12.1. The van der Waals surface area contributed by atoms with E-state index in [0.717, 1.165) is 38.8 Å². The Kier molecular flexibility index (Phi) is 9.02. The highest BCUT2D eigenvalue weighted by Gasteiger charge is 2.38. The molecule has 0 unspecified atom stereocenters. The SMILES string of the molecule is CCOCCOCCNC(=O)C1CN(C2CCC(C(=O)C(C)C)CC2)C1.[HH]. The van der Waals surface area contributed by atoms with Crippen molar-refractivity contribution in [1.82, 2.24) is 10.2 Å². The average Bonchev–Trinajstić information content (AvgIpc) is 2.59. The van der Waals surface area contributed by atoms with Gasteiger partial charge in [0, 0.05) is 45.5 Å². The van der Waals surface area contributed by atoms with E-state index in [4.69, 9.17) is 9.47 Å². The van der Waals surface area contributed by atoms with Crippen molar-refractivity contribution in [3.63, 3.8) is 0 Å². The second-order valence-electron chi connectivity index (χ2n) is 7.81. The first-order valence-electron chi connectivity index (χ1n) is 10.2. The lowest BCUT2D eigenvalue weighted by Crippen LogP contribution is -2.58. The van der Waals surface area contributed by atoms with E-state index in [1.54, 1.807) is 0 Å². The van der Waals surface area contributed by atoms with Crippen LogP contribution < -0.4 is 5.32 Å². The average molecular weight is 371 g/mol. The summed E-state index contributed by atoms with van der Waals surface area (Å²) >= 11 is 0. The Hall–Kier alpha value is -0.980. The number of nitrogens with one attached hydrogen (secondary N) is 1. The minimum Gasteiger partial charge on any atom is -0.379 e. The quantitative estimate of drug-likeness (QED) is 0.564. The molecule has 0 bridgehead atoms. The molecule has 1 heterocycles. The van der Waals surface area contributed by atoms with Gasteiger partial charge in [-0.15, -0.1) is 0 Å². The molecule has 6 heteroatoms. The molecule has 0 aromatic rings. The minimum absolute atomic E-state index is 0. The molecule has 0 aromatic heterocycles. The molecule has 0 spiro atoms. The number of likely N-dealkylation sites (tertiary alicyclic amines) is 1. The summed E-state index contributed by atoms with van der Waals surface area (Å²) in [5, 5.41) is 2.96. The maximum atomic E-state index is 12.1. The predicted octanol–water partition coefficient (Wildman–Crippen LogP) is 2.12. The van der Waals surface area contributed by atoms with E-state index >= 15 is 0 Å². The highest BCUT2D eigenvalue weighted by atomic mass is 16.5. The summed E-state index contributed by atoms with van der Waals surface area (Å²) in [5.41, 5.74) is 0. The summed E-state index contributed by atoms with van der Waals surface area (Å²) in [6.07, 6.45) is 4.19. The summed E-state index contributed by atoms with van der Waals surface area (Å²) in [7, 11) is 0. The normalized spacial score (nSPS) is 24.5. The third-order valence-electron chi connectivity index (χ3n) is 5.59. The van der Waals surface area contributed by atoms with Gasteiger partial charge in [0.1, 0.15) is 5.78 Å². The third-order valence-corrected chi connectivity index (χ3v) is 5.59. The largest absolute Gasteiger partial charge is 0.379 e. The van der Waals surface area contributed by atoms with Crippen LogP contribution in [-0.2, 0) is 19.1 Å². The zero-order chi connectivity index (χ0) is 18.9. The fourth-order valence-electron chi connectivity index (χ4n) is 3.93. The van der Waals surface area contributed by atoms with E-state index in [9.17, 15) is 9.59 Å². The molecular formula is C20H38N2O4. The number of Topliss-reactive ketones (excluding diaryl/α,β-unsaturated/α-hetero) is 1. The van der Waals surface area contributed by atoms with Gasteiger partial charge < -0.3 is 14.8 Å². The Morgan fingerprint density at radius 3 is 2.31 bits per heavy atom. The standard InChI is InChI=1S/C20H36N2O4.H2/c1-4-25-11-12-26-10-9-21-20(24)17-13-22(14-17)18-7-5-16(6-8-18)19(23)15(2)3;/h15-18H,4-14H2,1-3H3,(H,21,24);1H. The van der Waals surface area contributed by atoms with E-state index in [1.165, 1.54) is 0 Å². The Morgan fingerprint density at radius 1 is 1.04 bits per heavy atom. The van der Waals surface area contributed by atoms with Gasteiger partial charge >= 0.3 is 0 Å². The molecule has 1 aliphatic carbocycles. The lowest BCUT2D eigenvalue weighted by atomic mass is 9.79. The highest BCUT2D eigenvalue weighted by Crippen LogP contribution is 2.33. The fraction of sp³-hybridized carbons (Fsp3) is 0.900. The number of ether oxygens (including phenoxy) is 2. The maximum Gasteiger partial charge on any atom is 0.225 e. The van der Waals surface area contributed by atoms with Crippen LogP contribution in [0.1, 0.15) is 47.9 Å². The smallest absolute Gasteiger partial charge is 0.225 e. The second kappa shape index (κ2) is 11.0. The molecule has 1 aliphatic heterocycles. The summed E-state index contributed by atoms with van der Waals surface area (Å²) in [5.74, 6) is 1.07. The van der Waals surface area contributed by atoms with Gasteiger partial charge in [-0.05, 0) is 32.6 Å². The number of hydrogen-bond donors (Lipinski definition) is 1. The molecule has 26 heavy (non-hydrogen) atoms. The lowest BCUT2D eigenvalue weighted by Gasteiger charge is -2.45. The Balaban J connectivity index is 0.00000364. The number of amides is 1. The van der Waals surface area contributed by atoms with Gasteiger partial charge in [0.25, 0.3) is 0 Å². The molecule has 0 atom stereocenters. The molecule has 2 aliphatic rings. The van der Waals surface area contributed by atoms with Crippen LogP contribution in [0.3, 0.4) is 0 Å². The Labute approximate surface area is 159 Å². The molecule has 2 fully saturated rings. The van der Waals surface area contributed by atoms with Crippen molar-refractivity contribution in [3.05, 3.63) is 0 Å². The number of ketones is 1. The monoisotopic (exact) mass is 370 g/mol. The van der Waals surface area contributed by atoms with Crippen molar-refractivity contribution in [2.24, 2.45) is 17.8 Å². The molecule has 2 rings (SSSR count). The lowest BCUT2D eigenvalue weighted by molar-refractivity contribution is -0.132. The van der Waals surface area contributed by atoms with Gasteiger partial charge in [0.2, 0.25) is 5.91 Å². The molecule has 1 saturated heterocycles. The summed E-state index contributed by atoms with van der Waals surface area (Å²) < 4.78 is 10.6. The van der Waals surface area contributed by atoms with Crippen molar-refractivity contribution in [2.75, 3.05) is 46.1 Å². The van der Waals surface area contributed by atoms with Crippen molar-refractivity contribution in [1.29, 1.82) is 0 Å². The van der Waals surface area contributed by atoms with E-state index < -0.39 is 0 Å². The van der Waals surface area contributed by atoms with Crippen LogP contribution in [0.2, 0.25) is 0 Å². The minimum atomic E-state index is 0. The second-order valence-corrected chi connectivity index (χ2v) is 7.81. The summed E-state index contributed by atoms with van der Waals surface area (Å²) in [6, 6.07) is 0.553. The Morgan fingerprint density at radius 2 is 1.69 bits per heavy atom. The van der Waals surface area contributed by atoms with Crippen LogP contribution in [0.25, 0.3) is 0 Å². The highest BCUT2D eigenvalue weighted by molar-refractivity contribution is 5.82. The topological polar surface area (TPSA) is 67.9 Å². The molecule has 152 valence electrons. The third kappa shape index (κ3) is 6.32. The van der Waals surface area contributed by atoms with Gasteiger partial charge in [-0.3, -0.25) is 14.5 Å². The zero-order valence-electron chi connectivity index (χ0n) is 16.7. The number of rotatable bonds is 11. The van der Waals surface area contributed by atoms with Gasteiger partial charge in [-0.1, -0.05) is 13.8 Å². The fourth-order valence-corrected chi connectivity index (χ4v) is 3.93. The van der Waals surface area contributed by atoms with Gasteiger partial charge in [-0.25, -0.2) is 0 Å². The van der Waals surface area contributed by atoms with Crippen LogP contribution >= 0.6 is 0 Å². The number of hydrogen-bond acceptors (Lipinski definition) is 5. The number of nitrogens with zero attached hydrogens (tertiary/aromatic N) is 1. The number of carbonyl (C=O) groups is 2. The van der Waals surface area contributed by atoms with Crippen molar-refractivity contribution < 1.29 is 20.5 Å². The first-order chi connectivity index (χ1) is 12.5. The van der Waals surface area contributed by atoms with Gasteiger partial charge in [0.15, 0.2) is 0 Å². The molecule has 1 N–H and O–H groups in total. The summed E-state index contributed by atoms with van der Waals surface area (Å²) in [4.78, 5) is 26.7. The zero-order valence-corrected chi connectivity index (χ0v) is 16.7. The molecule has 0 aromatic carbocycles. The van der Waals surface area contributed by atoms with Gasteiger partial charge in [-0.2, -0.15) is 0 Å². The van der Waals surface area contributed by atoms with Crippen LogP contribution in [0, 0.1) is 17.8 Å². The van der Waals surface area contributed by atoms with E-state index in [-0.39, 0.29) is 25.1 Å². The van der Waals surface area contributed by atoms with Crippen molar-refractivity contribution in [3.8, 4) is 0 Å². The molecule has 0 radical (unpaired) electrons. The van der Waals surface area contributed by atoms with Gasteiger partial charge in [0.05, 0.1) is 25.7 Å². The van der Waals surface area contributed by atoms with E-state index in [0.29, 0.717) is 44.8 Å². The molecule has 1 saturated carbocycles. The predicted molar refractivity (Wildman–Crippen MR) is 103 cm³/mol. The Bertz CT molecular complexity index is 447. The first kappa shape index (κ1) is 21.3. The summed E-state index contributed by atoms with van der Waals surface area (Å²) in [6.45, 7) is 10.6. The van der Waals surface area contributed by atoms with Crippen LogP contribution in [0.4, 0.5) is 0 Å². The van der Waals surface area contributed by atoms with Crippen molar-refractivity contribution in [2.45, 2.75) is 52.5 Å². The molecule has 6 nitrogen and oxygen atoms in total. The van der Waals surface area contributed by atoms with Crippen molar-refractivity contribution >= 4 is 11.7 Å². The van der Waals surface area contributed by atoms with Crippen LogP contribution in [-0.4, -0.2) is 68.7 Å². The molecule has 1 amide bonds. The number of carbonyl (C=O) groups excluding carboxylic acids is 2. The van der Waals surface area contributed by atoms with Crippen LogP contribution in [0.15, 0.2) is 0 Å². The van der Waals surface area contributed by atoms with Crippen LogP contribution in [0.5, 0.6) is 0 Å². The molecular weight excluding hydrogens is 332 g/mol.